The number of anilines is 1. The van der Waals surface area contributed by atoms with Crippen molar-refractivity contribution in [2.45, 2.75) is 50.5 Å². The molecule has 0 saturated carbocycles. The maximum Gasteiger partial charge on any atom is 0.253 e. The van der Waals surface area contributed by atoms with Crippen LogP contribution in [0, 0.1) is 18.8 Å². The summed E-state index contributed by atoms with van der Waals surface area (Å²) in [6.45, 7) is 5.05. The monoisotopic (exact) mass is 589 g/mol. The lowest BCUT2D eigenvalue weighted by molar-refractivity contribution is -0.148. The molecule has 2 fully saturated rings. The highest BCUT2D eigenvalue weighted by atomic mass is 35.5. The average molecular weight is 590 g/mol. The minimum atomic E-state index is -1.34. The predicted molar refractivity (Wildman–Crippen MR) is 160 cm³/mol. The second-order valence-corrected chi connectivity index (χ2v) is 12.2. The van der Waals surface area contributed by atoms with Crippen LogP contribution in [-0.4, -0.2) is 76.1 Å². The summed E-state index contributed by atoms with van der Waals surface area (Å²) in [4.78, 5) is 48.4. The van der Waals surface area contributed by atoms with E-state index in [1.807, 2.05) is 80.6 Å². The molecule has 6 rings (SSSR count). The lowest BCUT2D eigenvalue weighted by Gasteiger charge is -2.37. The molecule has 1 unspecified atom stereocenters. The molecule has 1 N–H and O–H groups in total. The highest BCUT2D eigenvalue weighted by molar-refractivity contribution is 6.34. The van der Waals surface area contributed by atoms with E-state index in [0.29, 0.717) is 36.6 Å². The van der Waals surface area contributed by atoms with Crippen molar-refractivity contribution >= 4 is 35.0 Å². The number of carbonyl (C=O) groups is 3. The van der Waals surface area contributed by atoms with Crippen LogP contribution in [0.2, 0.25) is 5.02 Å². The van der Waals surface area contributed by atoms with E-state index in [4.69, 9.17) is 16.3 Å². The smallest absolute Gasteiger partial charge is 0.253 e. The third-order valence-corrected chi connectivity index (χ3v) is 9.43. The summed E-state index contributed by atoms with van der Waals surface area (Å²) in [6.07, 6.45) is 8.53. The summed E-state index contributed by atoms with van der Waals surface area (Å²) in [5.74, 6) is -2.44. The van der Waals surface area contributed by atoms with Gasteiger partial charge in [-0.3, -0.25) is 14.4 Å². The normalized spacial score (nSPS) is 30.3. The Balaban J connectivity index is 1.44. The van der Waals surface area contributed by atoms with Crippen molar-refractivity contribution < 1.29 is 24.2 Å². The van der Waals surface area contributed by atoms with E-state index in [1.54, 1.807) is 20.8 Å². The number of nitrogens with zero attached hydrogens (tertiary/aromatic N) is 3. The third kappa shape index (κ3) is 4.48. The minimum Gasteiger partial charge on any atom is -0.396 e. The molecule has 5 atom stereocenters. The zero-order valence-electron chi connectivity index (χ0n) is 23.9. The van der Waals surface area contributed by atoms with Gasteiger partial charge in [0, 0.05) is 32.8 Å². The first-order valence-electron chi connectivity index (χ1n) is 14.6. The summed E-state index contributed by atoms with van der Waals surface area (Å²) in [6, 6.07) is 14.3. The number of para-hydroxylation sites is 1. The average Bonchev–Trinajstić information content (AvgIpc) is 3.23. The number of aliphatic hydroxyl groups is 1. The third-order valence-electron chi connectivity index (χ3n) is 9.12. The van der Waals surface area contributed by atoms with E-state index in [9.17, 15) is 19.5 Å². The van der Waals surface area contributed by atoms with Gasteiger partial charge >= 0.3 is 0 Å². The van der Waals surface area contributed by atoms with Gasteiger partial charge in [0.1, 0.15) is 11.6 Å². The number of carbonyl (C=O) groups excluding carboxylic acids is 3. The maximum atomic E-state index is 14.6. The van der Waals surface area contributed by atoms with Gasteiger partial charge < -0.3 is 24.5 Å². The Hall–Kier alpha value is -3.46. The first-order valence-corrected chi connectivity index (χ1v) is 15.0. The Kier molecular flexibility index (Phi) is 7.50. The van der Waals surface area contributed by atoms with Crippen molar-refractivity contribution in [2.24, 2.45) is 11.8 Å². The van der Waals surface area contributed by atoms with Crippen LogP contribution >= 0.6 is 11.6 Å². The largest absolute Gasteiger partial charge is 0.396 e. The Labute approximate surface area is 251 Å². The number of hydrogen-bond donors (Lipinski definition) is 1. The van der Waals surface area contributed by atoms with Crippen LogP contribution in [0.4, 0.5) is 5.69 Å². The van der Waals surface area contributed by atoms with E-state index in [0.717, 1.165) is 11.1 Å². The van der Waals surface area contributed by atoms with E-state index in [2.05, 4.69) is 0 Å². The van der Waals surface area contributed by atoms with Crippen LogP contribution in [0.3, 0.4) is 0 Å². The molecule has 4 aliphatic heterocycles. The topological polar surface area (TPSA) is 90.4 Å². The zero-order valence-corrected chi connectivity index (χ0v) is 24.7. The number of ether oxygens (including phenoxy) is 1. The SMILES string of the molecule is Cc1cccc(Cl)c1N1CC=C[C@]23O[C@]4(C)C=CCN(Cc5ccccc5)C(=O)[C@@H]4[C@H]2C(=O)N(CCCCO)C3C1=O. The van der Waals surface area contributed by atoms with E-state index >= 15 is 0 Å². The molecule has 220 valence electrons. The van der Waals surface area contributed by atoms with Crippen molar-refractivity contribution in [1.82, 2.24) is 9.80 Å². The Bertz CT molecular complexity index is 1440. The minimum absolute atomic E-state index is 0.0189. The van der Waals surface area contributed by atoms with Gasteiger partial charge in [-0.25, -0.2) is 0 Å². The molecule has 2 aromatic rings. The molecule has 4 heterocycles. The van der Waals surface area contributed by atoms with Gasteiger partial charge in [-0.15, -0.1) is 0 Å². The maximum absolute atomic E-state index is 14.6. The Morgan fingerprint density at radius 2 is 1.69 bits per heavy atom. The number of unbranched alkanes of at least 4 members (excludes halogenated alkanes) is 1. The van der Waals surface area contributed by atoms with E-state index in [-0.39, 0.29) is 37.4 Å². The van der Waals surface area contributed by atoms with Gasteiger partial charge in [0.15, 0.2) is 0 Å². The van der Waals surface area contributed by atoms with E-state index < -0.39 is 29.1 Å². The number of hydrogen-bond acceptors (Lipinski definition) is 5. The number of halogens is 1. The summed E-state index contributed by atoms with van der Waals surface area (Å²) in [5, 5.41) is 9.91. The number of benzene rings is 2. The van der Waals surface area contributed by atoms with Gasteiger partial charge in [-0.1, -0.05) is 78.4 Å². The van der Waals surface area contributed by atoms with Crippen LogP contribution in [0.15, 0.2) is 72.8 Å². The molecule has 2 saturated heterocycles. The van der Waals surface area contributed by atoms with Crippen LogP contribution < -0.4 is 4.90 Å². The van der Waals surface area contributed by atoms with Gasteiger partial charge in [0.2, 0.25) is 11.8 Å². The zero-order chi connectivity index (χ0) is 29.6. The molecule has 1 spiro atoms. The highest BCUT2D eigenvalue weighted by Gasteiger charge is 2.74. The van der Waals surface area contributed by atoms with Crippen molar-refractivity contribution in [2.75, 3.05) is 31.1 Å². The molecule has 8 nitrogen and oxygen atoms in total. The summed E-state index contributed by atoms with van der Waals surface area (Å²) in [5.41, 5.74) is 0.00533. The van der Waals surface area contributed by atoms with E-state index in [1.165, 1.54) is 0 Å². The van der Waals surface area contributed by atoms with Crippen LogP contribution in [0.5, 0.6) is 0 Å². The number of rotatable bonds is 7. The lowest BCUT2D eigenvalue weighted by Crippen LogP contribution is -2.56. The Morgan fingerprint density at radius 3 is 2.43 bits per heavy atom. The molecule has 0 aromatic heterocycles. The molecule has 9 heteroatoms. The summed E-state index contributed by atoms with van der Waals surface area (Å²) in [7, 11) is 0. The number of likely N-dealkylation sites (tertiary alicyclic amines) is 1. The van der Waals surface area contributed by atoms with Gasteiger partial charge in [0.25, 0.3) is 5.91 Å². The second-order valence-electron chi connectivity index (χ2n) is 11.8. The standard InChI is InChI=1S/C33H36ClN3O5/c1-22-11-8-14-24(34)27(22)36-19-10-16-33-26(30(40)37(18-6-7-20-38)28(33)31(36)41)25-29(39)35(17-9-15-32(25,2)42-33)21-23-12-4-3-5-13-23/h3-5,8-16,25-26,28,38H,6-7,17-21H2,1-2H3/t25-,26-,28?,32+,33-/m0/s1. The molecule has 4 aliphatic rings. The predicted octanol–water partition coefficient (Wildman–Crippen LogP) is 3.89. The highest BCUT2D eigenvalue weighted by Crippen LogP contribution is 2.57. The molecule has 3 amide bonds. The number of amides is 3. The number of aryl methyl sites for hydroxylation is 1. The quantitative estimate of drug-likeness (QED) is 0.391. The fourth-order valence-corrected chi connectivity index (χ4v) is 7.64. The van der Waals surface area contributed by atoms with Crippen molar-refractivity contribution in [3.05, 3.63) is 89.0 Å². The summed E-state index contributed by atoms with van der Waals surface area (Å²) >= 11 is 6.63. The van der Waals surface area contributed by atoms with Crippen LogP contribution in [0.1, 0.15) is 30.9 Å². The first kappa shape index (κ1) is 28.6. The van der Waals surface area contributed by atoms with Crippen molar-refractivity contribution in [3.63, 3.8) is 0 Å². The molecule has 0 radical (unpaired) electrons. The number of fused-ring (bicyclic) bond motifs is 2. The van der Waals surface area contributed by atoms with Gasteiger partial charge in [-0.05, 0) is 43.9 Å². The van der Waals surface area contributed by atoms with Crippen LogP contribution in [0.25, 0.3) is 0 Å². The molecule has 0 aliphatic carbocycles. The summed E-state index contributed by atoms with van der Waals surface area (Å²) < 4.78 is 6.91. The van der Waals surface area contributed by atoms with Gasteiger partial charge in [0.05, 0.1) is 28.1 Å². The number of aliphatic hydroxyl groups excluding tert-OH is 1. The van der Waals surface area contributed by atoms with Crippen LogP contribution in [-0.2, 0) is 25.7 Å². The fraction of sp³-hybridized carbons (Fsp3) is 0.424. The first-order chi connectivity index (χ1) is 20.2. The molecule has 42 heavy (non-hydrogen) atoms. The van der Waals surface area contributed by atoms with Crippen molar-refractivity contribution in [1.29, 1.82) is 0 Å². The molecular weight excluding hydrogens is 554 g/mol. The van der Waals surface area contributed by atoms with Gasteiger partial charge in [-0.2, -0.15) is 0 Å². The Morgan fingerprint density at radius 1 is 0.929 bits per heavy atom. The molecule has 2 aromatic carbocycles. The molecule has 0 bridgehead atoms. The fourth-order valence-electron chi connectivity index (χ4n) is 7.32. The molecular formula is C33H36ClN3O5. The second kappa shape index (κ2) is 11.0. The van der Waals surface area contributed by atoms with Crippen molar-refractivity contribution in [3.8, 4) is 0 Å². The lowest BCUT2D eigenvalue weighted by atomic mass is 9.74.